The summed E-state index contributed by atoms with van der Waals surface area (Å²) in [5, 5.41) is 17.1. The largest absolute Gasteiger partial charge is 0.465 e. The molecular formula is C19H20N4O4S. The van der Waals surface area contributed by atoms with E-state index in [0.717, 1.165) is 29.0 Å². The van der Waals surface area contributed by atoms with Crippen molar-refractivity contribution in [2.24, 2.45) is 5.92 Å². The number of carbonyl (C=O) groups excluding carboxylic acids is 2. The zero-order valence-corrected chi connectivity index (χ0v) is 15.9. The topological polar surface area (TPSA) is 112 Å². The van der Waals surface area contributed by atoms with E-state index in [2.05, 4.69) is 15.6 Å². The molecule has 146 valence electrons. The average Bonchev–Trinajstić information content (AvgIpc) is 3.22. The van der Waals surface area contributed by atoms with Crippen molar-refractivity contribution >= 4 is 40.1 Å². The van der Waals surface area contributed by atoms with E-state index in [0.29, 0.717) is 30.2 Å². The number of rotatable bonds is 5. The van der Waals surface area contributed by atoms with Gasteiger partial charge < -0.3 is 15.7 Å². The lowest BCUT2D eigenvalue weighted by Gasteiger charge is -2.19. The Kier molecular flexibility index (Phi) is 4.99. The van der Waals surface area contributed by atoms with E-state index in [1.54, 1.807) is 0 Å². The molecule has 0 radical (unpaired) electrons. The van der Waals surface area contributed by atoms with Gasteiger partial charge in [-0.3, -0.25) is 14.5 Å². The molecule has 2 fully saturated rings. The summed E-state index contributed by atoms with van der Waals surface area (Å²) >= 11 is 1.28. The van der Waals surface area contributed by atoms with Crippen LogP contribution in [-0.2, 0) is 9.59 Å². The predicted octanol–water partition coefficient (Wildman–Crippen LogP) is 3.24. The molecule has 9 heteroatoms. The summed E-state index contributed by atoms with van der Waals surface area (Å²) in [7, 11) is 0. The molecule has 1 saturated carbocycles. The van der Waals surface area contributed by atoms with Gasteiger partial charge in [-0.15, -0.1) is 11.3 Å². The van der Waals surface area contributed by atoms with Gasteiger partial charge in [-0.05, 0) is 37.8 Å². The number of hydrogen-bond donors (Lipinski definition) is 3. The molecule has 3 amide bonds. The lowest BCUT2D eigenvalue weighted by atomic mass is 10.1. The Morgan fingerprint density at radius 1 is 1.14 bits per heavy atom. The second-order valence-electron chi connectivity index (χ2n) is 7.01. The summed E-state index contributed by atoms with van der Waals surface area (Å²) in [6.07, 6.45) is 2.00. The average molecular weight is 400 g/mol. The molecule has 2 aliphatic rings. The second kappa shape index (κ2) is 7.59. The fraction of sp³-hybridized carbons (Fsp3) is 0.368. The molecule has 8 nitrogen and oxygen atoms in total. The lowest BCUT2D eigenvalue weighted by Crippen LogP contribution is -2.42. The highest BCUT2D eigenvalue weighted by Crippen LogP contribution is 2.31. The van der Waals surface area contributed by atoms with Gasteiger partial charge in [-0.1, -0.05) is 12.1 Å². The molecule has 1 aliphatic heterocycles. The Morgan fingerprint density at radius 2 is 1.96 bits per heavy atom. The molecule has 1 aromatic heterocycles. The second-order valence-corrected chi connectivity index (χ2v) is 7.86. The molecule has 2 heterocycles. The number of likely N-dealkylation sites (tertiary alicyclic amines) is 1. The SMILES string of the molecule is O=C(Nc1cccc(-c2csc(NC(=O)C3CCCN3C(=O)O)n2)c1)C1CC1. The summed E-state index contributed by atoms with van der Waals surface area (Å²) in [6.45, 7) is 0.371. The van der Waals surface area contributed by atoms with Crippen LogP contribution in [0.1, 0.15) is 25.7 Å². The quantitative estimate of drug-likeness (QED) is 0.713. The van der Waals surface area contributed by atoms with E-state index in [-0.39, 0.29) is 17.7 Å². The predicted molar refractivity (Wildman–Crippen MR) is 105 cm³/mol. The van der Waals surface area contributed by atoms with Gasteiger partial charge in [-0.2, -0.15) is 0 Å². The standard InChI is InChI=1S/C19H20N4O4S/c24-16(11-6-7-11)20-13-4-1-3-12(9-13)14-10-28-18(21-14)22-17(25)15-5-2-8-23(15)19(26)27/h1,3-4,9-11,15H,2,5-8H2,(H,20,24)(H,26,27)(H,21,22,25). The third-order valence-electron chi connectivity index (χ3n) is 4.91. The molecule has 1 aromatic carbocycles. The van der Waals surface area contributed by atoms with E-state index in [1.807, 2.05) is 29.6 Å². The first-order chi connectivity index (χ1) is 13.5. The summed E-state index contributed by atoms with van der Waals surface area (Å²) in [6, 6.07) is 6.74. The van der Waals surface area contributed by atoms with Crippen molar-refractivity contribution < 1.29 is 19.5 Å². The Bertz CT molecular complexity index is 924. The maximum Gasteiger partial charge on any atom is 0.407 e. The normalized spacial score (nSPS) is 18.7. The summed E-state index contributed by atoms with van der Waals surface area (Å²) in [5.41, 5.74) is 2.23. The van der Waals surface area contributed by atoms with Crippen molar-refractivity contribution in [3.63, 3.8) is 0 Å². The first-order valence-corrected chi connectivity index (χ1v) is 10.1. The van der Waals surface area contributed by atoms with Crippen LogP contribution in [0.15, 0.2) is 29.6 Å². The first-order valence-electron chi connectivity index (χ1n) is 9.18. The van der Waals surface area contributed by atoms with Crippen molar-refractivity contribution in [2.75, 3.05) is 17.2 Å². The Labute approximate surface area is 165 Å². The van der Waals surface area contributed by atoms with Crippen LogP contribution in [0.25, 0.3) is 11.3 Å². The number of benzene rings is 1. The van der Waals surface area contributed by atoms with Crippen molar-refractivity contribution in [3.8, 4) is 11.3 Å². The molecule has 0 bridgehead atoms. The molecule has 1 atom stereocenters. The Morgan fingerprint density at radius 3 is 2.71 bits per heavy atom. The van der Waals surface area contributed by atoms with Gasteiger partial charge in [0.15, 0.2) is 5.13 Å². The number of nitrogens with one attached hydrogen (secondary N) is 2. The molecule has 1 saturated heterocycles. The van der Waals surface area contributed by atoms with Crippen LogP contribution in [-0.4, -0.2) is 45.5 Å². The van der Waals surface area contributed by atoms with Gasteiger partial charge in [0.25, 0.3) is 0 Å². The number of carboxylic acid groups (broad SMARTS) is 1. The van der Waals surface area contributed by atoms with E-state index >= 15 is 0 Å². The number of hydrogen-bond acceptors (Lipinski definition) is 5. The molecule has 0 spiro atoms. The Hall–Kier alpha value is -2.94. The van der Waals surface area contributed by atoms with E-state index < -0.39 is 12.1 Å². The van der Waals surface area contributed by atoms with Gasteiger partial charge in [0.05, 0.1) is 5.69 Å². The maximum atomic E-state index is 12.4. The zero-order chi connectivity index (χ0) is 19.7. The summed E-state index contributed by atoms with van der Waals surface area (Å²) in [5.74, 6) is -0.181. The molecule has 3 N–H and O–H groups in total. The van der Waals surface area contributed by atoms with Crippen molar-refractivity contribution in [2.45, 2.75) is 31.7 Å². The number of thiazole rings is 1. The van der Waals surface area contributed by atoms with Crippen LogP contribution in [0.2, 0.25) is 0 Å². The number of anilines is 2. The van der Waals surface area contributed by atoms with Crippen LogP contribution in [0.3, 0.4) is 0 Å². The van der Waals surface area contributed by atoms with E-state index in [9.17, 15) is 19.5 Å². The third-order valence-corrected chi connectivity index (χ3v) is 5.67. The van der Waals surface area contributed by atoms with Gasteiger partial charge >= 0.3 is 6.09 Å². The van der Waals surface area contributed by atoms with Gasteiger partial charge in [0.1, 0.15) is 6.04 Å². The number of amides is 3. The number of aromatic nitrogens is 1. The molecule has 1 unspecified atom stereocenters. The molecule has 28 heavy (non-hydrogen) atoms. The van der Waals surface area contributed by atoms with Crippen LogP contribution in [0, 0.1) is 5.92 Å². The monoisotopic (exact) mass is 400 g/mol. The highest BCUT2D eigenvalue weighted by molar-refractivity contribution is 7.14. The van der Waals surface area contributed by atoms with Crippen molar-refractivity contribution in [1.82, 2.24) is 9.88 Å². The maximum absolute atomic E-state index is 12.4. The minimum absolute atomic E-state index is 0.0444. The van der Waals surface area contributed by atoms with Crippen LogP contribution in [0.5, 0.6) is 0 Å². The van der Waals surface area contributed by atoms with Crippen LogP contribution >= 0.6 is 11.3 Å². The Balaban J connectivity index is 1.43. The first kappa shape index (κ1) is 18.4. The van der Waals surface area contributed by atoms with Crippen molar-refractivity contribution in [3.05, 3.63) is 29.6 Å². The van der Waals surface area contributed by atoms with Crippen molar-refractivity contribution in [1.29, 1.82) is 0 Å². The van der Waals surface area contributed by atoms with E-state index in [1.165, 1.54) is 11.3 Å². The highest BCUT2D eigenvalue weighted by Gasteiger charge is 2.34. The highest BCUT2D eigenvalue weighted by atomic mass is 32.1. The van der Waals surface area contributed by atoms with Gasteiger partial charge in [0.2, 0.25) is 11.8 Å². The van der Waals surface area contributed by atoms with Crippen LogP contribution < -0.4 is 10.6 Å². The van der Waals surface area contributed by atoms with Gasteiger partial charge in [0, 0.05) is 29.1 Å². The smallest absolute Gasteiger partial charge is 0.407 e. The minimum atomic E-state index is -1.08. The summed E-state index contributed by atoms with van der Waals surface area (Å²) < 4.78 is 0. The fourth-order valence-corrected chi connectivity index (χ4v) is 3.99. The van der Waals surface area contributed by atoms with Gasteiger partial charge in [-0.25, -0.2) is 9.78 Å². The molecule has 4 rings (SSSR count). The minimum Gasteiger partial charge on any atom is -0.465 e. The fourth-order valence-electron chi connectivity index (χ4n) is 3.27. The third kappa shape index (κ3) is 3.99. The van der Waals surface area contributed by atoms with Crippen LogP contribution in [0.4, 0.5) is 15.6 Å². The molecule has 2 aromatic rings. The zero-order valence-electron chi connectivity index (χ0n) is 15.1. The number of carbonyl (C=O) groups is 3. The molecular weight excluding hydrogens is 380 g/mol. The summed E-state index contributed by atoms with van der Waals surface area (Å²) in [4.78, 5) is 41.2. The lowest BCUT2D eigenvalue weighted by molar-refractivity contribution is -0.120. The number of nitrogens with zero attached hydrogens (tertiary/aromatic N) is 2. The molecule has 1 aliphatic carbocycles. The van der Waals surface area contributed by atoms with E-state index in [4.69, 9.17) is 0 Å².